The molecule has 8 heavy (non-hydrogen) atoms. The van der Waals surface area contributed by atoms with Crippen molar-refractivity contribution in [2.24, 2.45) is 0 Å². The van der Waals surface area contributed by atoms with Crippen LogP contribution in [0.3, 0.4) is 0 Å². The molecule has 0 fully saturated rings. The molecule has 0 spiro atoms. The minimum Gasteiger partial charge on any atom is -0.300 e. The molecular weight excluding hydrogens is 147 g/mol. The van der Waals surface area contributed by atoms with Crippen molar-refractivity contribution in [2.75, 3.05) is 11.8 Å². The molecule has 0 atom stereocenters. The van der Waals surface area contributed by atoms with Gasteiger partial charge in [-0.25, -0.2) is 0 Å². The van der Waals surface area contributed by atoms with E-state index >= 15 is 0 Å². The van der Waals surface area contributed by atoms with Crippen LogP contribution in [-0.4, -0.2) is 17.5 Å². The molecule has 0 aromatic carbocycles. The Morgan fingerprint density at radius 3 is 1.38 bits per heavy atom. The number of rotatable bonds is 1. The minimum atomic E-state index is 0.167. The zero-order valence-corrected chi connectivity index (χ0v) is 6.59. The summed E-state index contributed by atoms with van der Waals surface area (Å²) in [6.45, 7) is 3.06. The maximum atomic E-state index is 9.44. The highest BCUT2D eigenvalue weighted by Crippen LogP contribution is 1.75. The summed E-state index contributed by atoms with van der Waals surface area (Å²) in [5.74, 6) is 1.28. The largest absolute Gasteiger partial charge is 0.300 e. The first-order valence-corrected chi connectivity index (χ1v) is 3.31. The van der Waals surface area contributed by atoms with Crippen LogP contribution in [0.5, 0.6) is 0 Å². The number of alkyl halides is 2. The van der Waals surface area contributed by atoms with Crippen LogP contribution >= 0.6 is 23.2 Å². The van der Waals surface area contributed by atoms with Gasteiger partial charge in [-0.15, -0.1) is 23.2 Å². The fourth-order valence-electron chi connectivity index (χ4n) is 0. The van der Waals surface area contributed by atoms with Crippen LogP contribution in [0.25, 0.3) is 0 Å². The summed E-state index contributed by atoms with van der Waals surface area (Å²) in [6.07, 6.45) is 0. The standard InChI is InChI=1S/C3H6O.C2H4Cl2/c1-3(2)4;3-1-2-4/h1-2H3;1-2H2. The molecule has 1 nitrogen and oxygen atoms in total. The third kappa shape index (κ3) is 110. The average molecular weight is 157 g/mol. The lowest BCUT2D eigenvalue weighted by Crippen LogP contribution is -1.69. The average Bonchev–Trinajstić information content (AvgIpc) is 1.65. The lowest BCUT2D eigenvalue weighted by molar-refractivity contribution is -0.114. The predicted octanol–water partition coefficient (Wildman–Crippen LogP) is 2.06. The number of halogens is 2. The van der Waals surface area contributed by atoms with Crippen LogP contribution in [0.4, 0.5) is 0 Å². The van der Waals surface area contributed by atoms with E-state index in [-0.39, 0.29) is 5.78 Å². The maximum absolute atomic E-state index is 9.44. The van der Waals surface area contributed by atoms with Crippen molar-refractivity contribution in [3.63, 3.8) is 0 Å². The molecule has 0 radical (unpaired) electrons. The molecule has 0 aliphatic heterocycles. The van der Waals surface area contributed by atoms with E-state index < -0.39 is 0 Å². The molecule has 0 saturated carbocycles. The number of carbonyl (C=O) groups is 1. The molecule has 0 aromatic heterocycles. The molecule has 0 amide bonds. The van der Waals surface area contributed by atoms with E-state index in [1.54, 1.807) is 0 Å². The lowest BCUT2D eigenvalue weighted by Gasteiger charge is -1.63. The number of Topliss-reactive ketones (excluding diaryl/α,β-unsaturated/α-hetero) is 1. The monoisotopic (exact) mass is 156 g/mol. The van der Waals surface area contributed by atoms with Crippen molar-refractivity contribution >= 4 is 29.0 Å². The van der Waals surface area contributed by atoms with E-state index in [0.29, 0.717) is 11.8 Å². The van der Waals surface area contributed by atoms with Gasteiger partial charge in [0.2, 0.25) is 0 Å². The summed E-state index contributed by atoms with van der Waals surface area (Å²) in [6, 6.07) is 0. The molecule has 3 heteroatoms. The molecule has 0 bridgehead atoms. The Balaban J connectivity index is 0. The van der Waals surface area contributed by atoms with Gasteiger partial charge in [0.25, 0.3) is 0 Å². The van der Waals surface area contributed by atoms with Gasteiger partial charge in [0, 0.05) is 11.8 Å². The third-order valence-electron chi connectivity index (χ3n) is 0.0714. The predicted molar refractivity (Wildman–Crippen MR) is 37.8 cm³/mol. The van der Waals surface area contributed by atoms with Crippen molar-refractivity contribution in [1.29, 1.82) is 0 Å². The molecule has 0 N–H and O–H groups in total. The van der Waals surface area contributed by atoms with Gasteiger partial charge >= 0.3 is 0 Å². The van der Waals surface area contributed by atoms with Gasteiger partial charge in [-0.3, -0.25) is 0 Å². The second-order valence-electron chi connectivity index (χ2n) is 1.29. The van der Waals surface area contributed by atoms with Crippen molar-refractivity contribution in [3.05, 3.63) is 0 Å². The SMILES string of the molecule is CC(C)=O.ClCCCl. The molecule has 0 rings (SSSR count). The van der Waals surface area contributed by atoms with E-state index in [9.17, 15) is 4.79 Å². The lowest BCUT2D eigenvalue weighted by atomic mass is 10.6. The number of hydrogen-bond acceptors (Lipinski definition) is 1. The summed E-state index contributed by atoms with van der Waals surface area (Å²) in [5.41, 5.74) is 0. The Hall–Kier alpha value is 0.250. The van der Waals surface area contributed by atoms with Crippen LogP contribution in [0.15, 0.2) is 0 Å². The first-order valence-electron chi connectivity index (χ1n) is 2.24. The van der Waals surface area contributed by atoms with E-state index in [0.717, 1.165) is 0 Å². The quantitative estimate of drug-likeness (QED) is 0.532. The van der Waals surface area contributed by atoms with Crippen molar-refractivity contribution < 1.29 is 4.79 Å². The fourth-order valence-corrected chi connectivity index (χ4v) is 0. The number of hydrogen-bond donors (Lipinski definition) is 0. The highest BCUT2D eigenvalue weighted by molar-refractivity contribution is 6.25. The van der Waals surface area contributed by atoms with E-state index in [1.807, 2.05) is 0 Å². The Morgan fingerprint density at radius 1 is 1.25 bits per heavy atom. The zero-order valence-electron chi connectivity index (χ0n) is 5.08. The zero-order chi connectivity index (χ0) is 6.99. The molecule has 0 saturated heterocycles. The normalized spacial score (nSPS) is 7.00. The van der Waals surface area contributed by atoms with Crippen LogP contribution in [-0.2, 0) is 4.79 Å². The summed E-state index contributed by atoms with van der Waals surface area (Å²) < 4.78 is 0. The number of ketones is 1. The smallest absolute Gasteiger partial charge is 0.126 e. The van der Waals surface area contributed by atoms with Gasteiger partial charge < -0.3 is 4.79 Å². The van der Waals surface area contributed by atoms with Gasteiger partial charge in [0.05, 0.1) is 0 Å². The Morgan fingerprint density at radius 2 is 1.38 bits per heavy atom. The van der Waals surface area contributed by atoms with Crippen LogP contribution in [0, 0.1) is 0 Å². The summed E-state index contributed by atoms with van der Waals surface area (Å²) >= 11 is 10.1. The summed E-state index contributed by atoms with van der Waals surface area (Å²) in [4.78, 5) is 9.44. The van der Waals surface area contributed by atoms with E-state index in [1.165, 1.54) is 13.8 Å². The highest BCUT2D eigenvalue weighted by Gasteiger charge is 1.62. The molecule has 0 heterocycles. The summed E-state index contributed by atoms with van der Waals surface area (Å²) in [7, 11) is 0. The van der Waals surface area contributed by atoms with Crippen molar-refractivity contribution in [2.45, 2.75) is 13.8 Å². The molecule has 0 aliphatic carbocycles. The molecule has 0 unspecified atom stereocenters. The molecule has 0 aliphatic rings. The Labute approximate surface area is 60.0 Å². The minimum absolute atomic E-state index is 0.167. The Bertz CT molecular complexity index is 48.4. The molecule has 0 aromatic rings. The Kier molecular flexibility index (Phi) is 14.3. The molecular formula is C5H10Cl2O. The second-order valence-corrected chi connectivity index (χ2v) is 2.04. The van der Waals surface area contributed by atoms with Gasteiger partial charge in [-0.2, -0.15) is 0 Å². The fraction of sp³-hybridized carbons (Fsp3) is 0.800. The first kappa shape index (κ1) is 11.1. The van der Waals surface area contributed by atoms with Crippen LogP contribution in [0.1, 0.15) is 13.8 Å². The van der Waals surface area contributed by atoms with Crippen LogP contribution in [0.2, 0.25) is 0 Å². The van der Waals surface area contributed by atoms with Crippen LogP contribution < -0.4 is 0 Å². The third-order valence-corrected chi connectivity index (χ3v) is 0.643. The van der Waals surface area contributed by atoms with E-state index in [4.69, 9.17) is 23.2 Å². The van der Waals surface area contributed by atoms with Gasteiger partial charge in [0.15, 0.2) is 0 Å². The topological polar surface area (TPSA) is 17.1 Å². The maximum Gasteiger partial charge on any atom is 0.126 e. The second kappa shape index (κ2) is 10.3. The summed E-state index contributed by atoms with van der Waals surface area (Å²) in [5, 5.41) is 0. The first-order chi connectivity index (χ1) is 3.65. The highest BCUT2D eigenvalue weighted by atomic mass is 35.5. The van der Waals surface area contributed by atoms with Gasteiger partial charge in [-0.05, 0) is 13.8 Å². The van der Waals surface area contributed by atoms with Gasteiger partial charge in [0.1, 0.15) is 5.78 Å². The number of carbonyl (C=O) groups excluding carboxylic acids is 1. The van der Waals surface area contributed by atoms with Crippen molar-refractivity contribution in [3.8, 4) is 0 Å². The van der Waals surface area contributed by atoms with Gasteiger partial charge in [-0.1, -0.05) is 0 Å². The van der Waals surface area contributed by atoms with Crippen molar-refractivity contribution in [1.82, 2.24) is 0 Å². The van der Waals surface area contributed by atoms with E-state index in [2.05, 4.69) is 0 Å². The molecule has 50 valence electrons.